The highest BCUT2D eigenvalue weighted by molar-refractivity contribution is 9.10. The van der Waals surface area contributed by atoms with Crippen LogP contribution in [0.15, 0.2) is 27.8 Å². The standard InChI is InChI=1S/C22H24BrN3O5S/c1-4-31-22(29)18-15-7-5-12(2)9-17(15)32-21(18)25-19(27)20(28)26-24-11-13-10-14(23)6-8-16(13)30-3/h6,8,10-12H,4-5,7,9H2,1-3H3,(H,25,27)(H,26,28). The highest BCUT2D eigenvalue weighted by atomic mass is 79.9. The fourth-order valence-electron chi connectivity index (χ4n) is 3.44. The summed E-state index contributed by atoms with van der Waals surface area (Å²) in [6, 6.07) is 5.32. The van der Waals surface area contributed by atoms with Gasteiger partial charge in [0.2, 0.25) is 0 Å². The molecule has 8 nitrogen and oxygen atoms in total. The van der Waals surface area contributed by atoms with Crippen molar-refractivity contribution in [3.63, 3.8) is 0 Å². The minimum Gasteiger partial charge on any atom is -0.496 e. The largest absolute Gasteiger partial charge is 0.496 e. The van der Waals surface area contributed by atoms with Gasteiger partial charge < -0.3 is 14.8 Å². The molecular weight excluding hydrogens is 498 g/mol. The number of fused-ring (bicyclic) bond motifs is 1. The molecular formula is C22H24BrN3O5S. The fraction of sp³-hybridized carbons (Fsp3) is 0.364. The van der Waals surface area contributed by atoms with E-state index in [9.17, 15) is 14.4 Å². The van der Waals surface area contributed by atoms with E-state index in [-0.39, 0.29) is 6.61 Å². The number of hydrogen-bond acceptors (Lipinski definition) is 7. The first-order chi connectivity index (χ1) is 15.3. The molecule has 2 aromatic rings. The number of nitrogens with zero attached hydrogens (tertiary/aromatic N) is 1. The summed E-state index contributed by atoms with van der Waals surface area (Å²) in [5.41, 5.74) is 4.07. The summed E-state index contributed by atoms with van der Waals surface area (Å²) in [4.78, 5) is 38.3. The maximum absolute atomic E-state index is 12.5. The van der Waals surface area contributed by atoms with Crippen molar-refractivity contribution in [3.05, 3.63) is 44.2 Å². The second kappa shape index (κ2) is 10.7. The molecule has 0 bridgehead atoms. The predicted molar refractivity (Wildman–Crippen MR) is 127 cm³/mol. The Balaban J connectivity index is 1.73. The number of benzene rings is 1. The molecule has 0 saturated heterocycles. The van der Waals surface area contributed by atoms with Gasteiger partial charge in [-0.05, 0) is 55.9 Å². The van der Waals surface area contributed by atoms with Gasteiger partial charge >= 0.3 is 17.8 Å². The number of halogens is 1. The third kappa shape index (κ3) is 5.55. The lowest BCUT2D eigenvalue weighted by molar-refractivity contribution is -0.136. The van der Waals surface area contributed by atoms with Gasteiger partial charge in [-0.25, -0.2) is 10.2 Å². The lowest BCUT2D eigenvalue weighted by Crippen LogP contribution is -2.32. The van der Waals surface area contributed by atoms with E-state index >= 15 is 0 Å². The van der Waals surface area contributed by atoms with E-state index in [1.165, 1.54) is 24.7 Å². The van der Waals surface area contributed by atoms with Crippen LogP contribution in [0.5, 0.6) is 5.75 Å². The summed E-state index contributed by atoms with van der Waals surface area (Å²) in [6.07, 6.45) is 3.90. The minimum atomic E-state index is -0.954. The van der Waals surface area contributed by atoms with E-state index in [2.05, 4.69) is 38.7 Å². The van der Waals surface area contributed by atoms with Crippen molar-refractivity contribution in [1.82, 2.24) is 5.43 Å². The molecule has 1 aromatic carbocycles. The highest BCUT2D eigenvalue weighted by Crippen LogP contribution is 2.40. The molecule has 170 valence electrons. The topological polar surface area (TPSA) is 106 Å². The minimum absolute atomic E-state index is 0.224. The van der Waals surface area contributed by atoms with E-state index in [4.69, 9.17) is 9.47 Å². The van der Waals surface area contributed by atoms with Crippen LogP contribution in [0, 0.1) is 5.92 Å². The number of ether oxygens (including phenoxy) is 2. The zero-order valence-corrected chi connectivity index (χ0v) is 20.4. The SMILES string of the molecule is CCOC(=O)c1c(NC(=O)C(=O)NN=Cc2cc(Br)ccc2OC)sc2c1CCC(C)C2. The van der Waals surface area contributed by atoms with Crippen molar-refractivity contribution in [2.45, 2.75) is 33.1 Å². The summed E-state index contributed by atoms with van der Waals surface area (Å²) in [6.45, 7) is 4.10. The monoisotopic (exact) mass is 521 g/mol. The third-order valence-electron chi connectivity index (χ3n) is 4.99. The molecule has 10 heteroatoms. The number of carbonyl (C=O) groups excluding carboxylic acids is 3. The zero-order chi connectivity index (χ0) is 23.3. The van der Waals surface area contributed by atoms with Gasteiger partial charge in [0.1, 0.15) is 10.8 Å². The number of methoxy groups -OCH3 is 1. The van der Waals surface area contributed by atoms with E-state index in [0.29, 0.717) is 27.8 Å². The van der Waals surface area contributed by atoms with Gasteiger partial charge in [-0.3, -0.25) is 9.59 Å². The van der Waals surface area contributed by atoms with Crippen LogP contribution in [0.3, 0.4) is 0 Å². The highest BCUT2D eigenvalue weighted by Gasteiger charge is 2.30. The van der Waals surface area contributed by atoms with Crippen molar-refractivity contribution in [2.75, 3.05) is 19.0 Å². The molecule has 0 saturated carbocycles. The van der Waals surface area contributed by atoms with Crippen molar-refractivity contribution >= 4 is 56.3 Å². The number of nitrogens with one attached hydrogen (secondary N) is 2. The second-order valence-electron chi connectivity index (χ2n) is 7.32. The first kappa shape index (κ1) is 23.9. The van der Waals surface area contributed by atoms with E-state index in [0.717, 1.165) is 34.2 Å². The molecule has 2 N–H and O–H groups in total. The van der Waals surface area contributed by atoms with Crippen LogP contribution in [0.4, 0.5) is 5.00 Å². The Hall–Kier alpha value is -2.72. The number of thiophene rings is 1. The summed E-state index contributed by atoms with van der Waals surface area (Å²) >= 11 is 4.68. The van der Waals surface area contributed by atoms with Gasteiger partial charge in [-0.15, -0.1) is 11.3 Å². The first-order valence-corrected chi connectivity index (χ1v) is 11.7. The van der Waals surface area contributed by atoms with Gasteiger partial charge in [0.05, 0.1) is 25.5 Å². The van der Waals surface area contributed by atoms with Gasteiger partial charge in [-0.2, -0.15) is 5.10 Å². The Morgan fingerprint density at radius 2 is 2.09 bits per heavy atom. The summed E-state index contributed by atoms with van der Waals surface area (Å²) < 4.78 is 11.2. The zero-order valence-electron chi connectivity index (χ0n) is 18.0. The van der Waals surface area contributed by atoms with Crippen LogP contribution in [-0.2, 0) is 27.2 Å². The van der Waals surface area contributed by atoms with Crippen LogP contribution in [0.1, 0.15) is 46.6 Å². The average Bonchev–Trinajstić information content (AvgIpc) is 3.10. The van der Waals surface area contributed by atoms with Gasteiger partial charge in [0, 0.05) is 14.9 Å². The van der Waals surface area contributed by atoms with Crippen molar-refractivity contribution < 1.29 is 23.9 Å². The van der Waals surface area contributed by atoms with Crippen molar-refractivity contribution in [2.24, 2.45) is 11.0 Å². The summed E-state index contributed by atoms with van der Waals surface area (Å²) in [5.74, 6) is -1.30. The summed E-state index contributed by atoms with van der Waals surface area (Å²) in [7, 11) is 1.52. The third-order valence-corrected chi connectivity index (χ3v) is 6.65. The lowest BCUT2D eigenvalue weighted by atomic mass is 9.88. The maximum atomic E-state index is 12.5. The number of hydrogen-bond donors (Lipinski definition) is 2. The Labute approximate surface area is 198 Å². The van der Waals surface area contributed by atoms with E-state index in [1.54, 1.807) is 19.1 Å². The number of hydrazone groups is 1. The molecule has 1 aliphatic carbocycles. The number of rotatable bonds is 6. The molecule has 0 aliphatic heterocycles. The molecule has 0 radical (unpaired) electrons. The van der Waals surface area contributed by atoms with Crippen LogP contribution >= 0.6 is 27.3 Å². The molecule has 1 aliphatic rings. The number of carbonyl (C=O) groups is 3. The first-order valence-electron chi connectivity index (χ1n) is 10.1. The number of anilines is 1. The smallest absolute Gasteiger partial charge is 0.341 e. The molecule has 0 fully saturated rings. The van der Waals surface area contributed by atoms with Crippen molar-refractivity contribution in [1.29, 1.82) is 0 Å². The Morgan fingerprint density at radius 3 is 2.81 bits per heavy atom. The van der Waals surface area contributed by atoms with Gasteiger partial charge in [0.15, 0.2) is 0 Å². The second-order valence-corrected chi connectivity index (χ2v) is 9.34. The molecule has 0 spiro atoms. The Kier molecular flexibility index (Phi) is 8.03. The lowest BCUT2D eigenvalue weighted by Gasteiger charge is -2.18. The van der Waals surface area contributed by atoms with Crippen LogP contribution < -0.4 is 15.5 Å². The quantitative estimate of drug-likeness (QED) is 0.259. The molecule has 1 heterocycles. The number of esters is 1. The molecule has 32 heavy (non-hydrogen) atoms. The summed E-state index contributed by atoms with van der Waals surface area (Å²) in [5, 5.41) is 6.74. The molecule has 1 unspecified atom stereocenters. The maximum Gasteiger partial charge on any atom is 0.341 e. The molecule has 2 amide bonds. The van der Waals surface area contributed by atoms with Crippen molar-refractivity contribution in [3.8, 4) is 5.75 Å². The number of amides is 2. The van der Waals surface area contributed by atoms with E-state index < -0.39 is 17.8 Å². The van der Waals surface area contributed by atoms with Crippen LogP contribution in [-0.4, -0.2) is 37.7 Å². The fourth-order valence-corrected chi connectivity index (χ4v) is 5.21. The normalized spacial score (nSPS) is 15.2. The molecule has 3 rings (SSSR count). The van der Waals surface area contributed by atoms with Crippen LogP contribution in [0.2, 0.25) is 0 Å². The molecule has 1 aromatic heterocycles. The van der Waals surface area contributed by atoms with Crippen LogP contribution in [0.25, 0.3) is 0 Å². The Bertz CT molecular complexity index is 1070. The average molecular weight is 522 g/mol. The van der Waals surface area contributed by atoms with Gasteiger partial charge in [-0.1, -0.05) is 22.9 Å². The molecule has 1 atom stereocenters. The van der Waals surface area contributed by atoms with Gasteiger partial charge in [0.25, 0.3) is 0 Å². The predicted octanol–water partition coefficient (Wildman–Crippen LogP) is 3.91. The van der Waals surface area contributed by atoms with E-state index in [1.807, 2.05) is 6.07 Å². The Morgan fingerprint density at radius 1 is 1.31 bits per heavy atom.